The van der Waals surface area contributed by atoms with Crippen molar-refractivity contribution in [1.29, 1.82) is 0 Å². The van der Waals surface area contributed by atoms with Crippen LogP contribution in [0.5, 0.6) is 5.75 Å². The Hall–Kier alpha value is 1.17. The van der Waals surface area contributed by atoms with Gasteiger partial charge in [-0.15, -0.1) is 0 Å². The van der Waals surface area contributed by atoms with E-state index in [0.29, 0.717) is 6.54 Å². The molecule has 0 heterocycles. The minimum atomic E-state index is -0.313. The van der Waals surface area contributed by atoms with Crippen molar-refractivity contribution in [3.8, 4) is 5.75 Å². The van der Waals surface area contributed by atoms with Crippen LogP contribution in [0.4, 0.5) is 0 Å². The summed E-state index contributed by atoms with van der Waals surface area (Å²) in [5.41, 5.74) is 5.34. The molecule has 0 saturated heterocycles. The highest BCUT2D eigenvalue weighted by Gasteiger charge is 2.20. The molecular weight excluding hydrogens is 531 g/mol. The van der Waals surface area contributed by atoms with Crippen LogP contribution in [0, 0.1) is 10.7 Å². The average molecular weight is 543 g/mol. The van der Waals surface area contributed by atoms with Gasteiger partial charge in [0.15, 0.2) is 0 Å². The number of hydrogen-bond donors (Lipinski definition) is 1. The first-order chi connectivity index (χ1) is 6.85. The molecule has 0 unspecified atom stereocenters. The molecule has 2 N–H and O–H groups in total. The summed E-state index contributed by atoms with van der Waals surface area (Å²) in [6.07, 6.45) is 0. The molecule has 0 aliphatic heterocycles. The van der Waals surface area contributed by atoms with Crippen LogP contribution in [0.15, 0.2) is 12.1 Å². The molecule has 0 fully saturated rings. The summed E-state index contributed by atoms with van der Waals surface area (Å²) < 4.78 is 9.41. The van der Waals surface area contributed by atoms with Crippen molar-refractivity contribution >= 4 is 67.8 Å². The van der Waals surface area contributed by atoms with Crippen molar-refractivity contribution in [2.24, 2.45) is 5.73 Å². The van der Waals surface area contributed by atoms with Gasteiger partial charge in [-0.2, -0.15) is 0 Å². The van der Waals surface area contributed by atoms with Crippen molar-refractivity contribution in [2.75, 3.05) is 6.54 Å². The lowest BCUT2D eigenvalue weighted by atomic mass is 10.1. The first-order valence-corrected chi connectivity index (χ1v) is 7.63. The fraction of sp³-hybridized carbons (Fsp3) is 0.400. The Kier molecular flexibility index (Phi) is 5.38. The number of nitrogens with two attached hydrogens (primary N) is 1. The van der Waals surface area contributed by atoms with Crippen LogP contribution in [-0.4, -0.2) is 12.1 Å². The molecule has 2 nitrogen and oxygen atoms in total. The van der Waals surface area contributed by atoms with Crippen LogP contribution < -0.4 is 10.5 Å². The molecule has 0 aromatic heterocycles. The van der Waals surface area contributed by atoms with Crippen molar-refractivity contribution < 1.29 is 4.74 Å². The highest BCUT2D eigenvalue weighted by molar-refractivity contribution is 14.1. The third-order valence-corrected chi connectivity index (χ3v) is 4.06. The summed E-state index contributed by atoms with van der Waals surface area (Å²) in [4.78, 5) is 0. The number of ether oxygens (including phenoxy) is 1. The van der Waals surface area contributed by atoms with Gasteiger partial charge in [0.2, 0.25) is 0 Å². The molecule has 0 bridgehead atoms. The molecule has 84 valence electrons. The lowest BCUT2D eigenvalue weighted by molar-refractivity contribution is 0.116. The van der Waals surface area contributed by atoms with E-state index in [0.717, 1.165) is 12.9 Å². The highest BCUT2D eigenvalue weighted by atomic mass is 127. The Balaban J connectivity index is 3.05. The molecule has 1 rings (SSSR count). The second-order valence-corrected chi connectivity index (χ2v) is 7.33. The maximum Gasteiger partial charge on any atom is 0.146 e. The van der Waals surface area contributed by atoms with Crippen molar-refractivity contribution in [2.45, 2.75) is 19.4 Å². The second kappa shape index (κ2) is 5.67. The van der Waals surface area contributed by atoms with E-state index in [9.17, 15) is 0 Å². The van der Waals surface area contributed by atoms with Gasteiger partial charge in [0.25, 0.3) is 0 Å². The van der Waals surface area contributed by atoms with Crippen LogP contribution >= 0.6 is 67.8 Å². The molecule has 0 aliphatic carbocycles. The predicted molar refractivity (Wildman–Crippen MR) is 88.4 cm³/mol. The summed E-state index contributed by atoms with van der Waals surface area (Å²) in [6.45, 7) is 4.50. The molecule has 0 amide bonds. The van der Waals surface area contributed by atoms with Gasteiger partial charge in [-0.25, -0.2) is 0 Å². The third-order valence-electron chi connectivity index (χ3n) is 1.83. The maximum atomic E-state index is 5.92. The Morgan fingerprint density at radius 1 is 1.20 bits per heavy atom. The van der Waals surface area contributed by atoms with E-state index in [1.54, 1.807) is 0 Å². The van der Waals surface area contributed by atoms with Gasteiger partial charge in [0.05, 0.1) is 7.14 Å². The predicted octanol–water partition coefficient (Wildman–Crippen LogP) is 3.62. The summed E-state index contributed by atoms with van der Waals surface area (Å²) >= 11 is 6.89. The van der Waals surface area contributed by atoms with Gasteiger partial charge < -0.3 is 10.5 Å². The van der Waals surface area contributed by atoms with Crippen molar-refractivity contribution in [3.63, 3.8) is 0 Å². The first kappa shape index (κ1) is 14.2. The molecule has 0 saturated carbocycles. The zero-order chi connectivity index (χ0) is 11.6. The molecule has 0 spiro atoms. The van der Waals surface area contributed by atoms with E-state index < -0.39 is 0 Å². The first-order valence-electron chi connectivity index (χ1n) is 4.39. The fourth-order valence-corrected chi connectivity index (χ4v) is 4.75. The standard InChI is InChI=1S/C10H12I3NO/c1-10(2,5-14)15-9-7(12)3-6(11)4-8(9)13/h3-4H,5,14H2,1-2H3. The molecule has 0 radical (unpaired) electrons. The van der Waals surface area contributed by atoms with Crippen molar-refractivity contribution in [3.05, 3.63) is 22.8 Å². The summed E-state index contributed by atoms with van der Waals surface area (Å²) in [5.74, 6) is 0.937. The number of benzene rings is 1. The summed E-state index contributed by atoms with van der Waals surface area (Å²) in [5, 5.41) is 0. The fourth-order valence-electron chi connectivity index (χ4n) is 0.944. The minimum Gasteiger partial charge on any atom is -0.484 e. The van der Waals surface area contributed by atoms with Gasteiger partial charge in [-0.05, 0) is 93.8 Å². The highest BCUT2D eigenvalue weighted by Crippen LogP contribution is 2.31. The van der Waals surface area contributed by atoms with E-state index in [1.165, 1.54) is 3.57 Å². The number of hydrogen-bond acceptors (Lipinski definition) is 2. The monoisotopic (exact) mass is 543 g/mol. The van der Waals surface area contributed by atoms with Gasteiger partial charge in [0, 0.05) is 10.1 Å². The third kappa shape index (κ3) is 4.15. The Labute approximate surface area is 131 Å². The van der Waals surface area contributed by atoms with Gasteiger partial charge in [0.1, 0.15) is 11.4 Å². The second-order valence-electron chi connectivity index (χ2n) is 3.76. The molecule has 1 aromatic carbocycles. The van der Waals surface area contributed by atoms with E-state index in [1.807, 2.05) is 13.8 Å². The van der Waals surface area contributed by atoms with Gasteiger partial charge in [-0.3, -0.25) is 0 Å². The SMILES string of the molecule is CC(C)(CN)Oc1c(I)cc(I)cc1I. The lowest BCUT2D eigenvalue weighted by Crippen LogP contribution is -2.37. The van der Waals surface area contributed by atoms with E-state index in [4.69, 9.17) is 10.5 Å². The Morgan fingerprint density at radius 3 is 2.07 bits per heavy atom. The van der Waals surface area contributed by atoms with Gasteiger partial charge >= 0.3 is 0 Å². The van der Waals surface area contributed by atoms with E-state index in [2.05, 4.69) is 79.9 Å². The normalized spacial score (nSPS) is 11.6. The van der Waals surface area contributed by atoms with Crippen LogP contribution in [-0.2, 0) is 0 Å². The van der Waals surface area contributed by atoms with Crippen molar-refractivity contribution in [1.82, 2.24) is 0 Å². The Morgan fingerprint density at radius 2 is 1.67 bits per heavy atom. The topological polar surface area (TPSA) is 35.2 Å². The average Bonchev–Trinajstić information content (AvgIpc) is 2.11. The molecule has 0 atom stereocenters. The van der Waals surface area contributed by atoms with Crippen LogP contribution in [0.1, 0.15) is 13.8 Å². The van der Waals surface area contributed by atoms with Crippen LogP contribution in [0.2, 0.25) is 0 Å². The Bertz CT molecular complexity index is 343. The van der Waals surface area contributed by atoms with Crippen LogP contribution in [0.25, 0.3) is 0 Å². The quantitative estimate of drug-likeness (QED) is 0.593. The zero-order valence-electron chi connectivity index (χ0n) is 8.48. The summed E-state index contributed by atoms with van der Waals surface area (Å²) in [7, 11) is 0. The van der Waals surface area contributed by atoms with E-state index >= 15 is 0 Å². The molecule has 1 aromatic rings. The molecule has 15 heavy (non-hydrogen) atoms. The largest absolute Gasteiger partial charge is 0.484 e. The molecule has 0 aliphatic rings. The number of rotatable bonds is 3. The zero-order valence-corrected chi connectivity index (χ0v) is 15.0. The maximum absolute atomic E-state index is 5.92. The molecular formula is C10H12I3NO. The summed E-state index contributed by atoms with van der Waals surface area (Å²) in [6, 6.07) is 4.20. The van der Waals surface area contributed by atoms with Crippen LogP contribution in [0.3, 0.4) is 0 Å². The van der Waals surface area contributed by atoms with Gasteiger partial charge in [-0.1, -0.05) is 0 Å². The lowest BCUT2D eigenvalue weighted by Gasteiger charge is -2.26. The number of halogens is 3. The minimum absolute atomic E-state index is 0.313. The van der Waals surface area contributed by atoms with E-state index in [-0.39, 0.29) is 5.60 Å². The molecule has 5 heteroatoms. The smallest absolute Gasteiger partial charge is 0.146 e.